The fourth-order valence-electron chi connectivity index (χ4n) is 3.40. The van der Waals surface area contributed by atoms with Gasteiger partial charge < -0.3 is 30.0 Å². The largest absolute Gasteiger partial charge is 0.573 e. The lowest BCUT2D eigenvalue weighted by Gasteiger charge is -2.29. The summed E-state index contributed by atoms with van der Waals surface area (Å²) in [6.07, 6.45) is -4.43. The Morgan fingerprint density at radius 1 is 1.30 bits per heavy atom. The van der Waals surface area contributed by atoms with E-state index in [0.717, 1.165) is 18.3 Å². The molecule has 0 aliphatic carbocycles. The molecule has 2 unspecified atom stereocenters. The Hall–Kier alpha value is -3.54. The number of anilines is 1. The molecular weight excluding hydrogens is 447 g/mol. The van der Waals surface area contributed by atoms with Crippen molar-refractivity contribution in [2.45, 2.75) is 31.4 Å². The number of halogens is 3. The van der Waals surface area contributed by atoms with Crippen molar-refractivity contribution in [1.82, 2.24) is 9.88 Å². The molecule has 2 heterocycles. The van der Waals surface area contributed by atoms with E-state index in [-0.39, 0.29) is 48.3 Å². The number of hydrogen-bond donors (Lipinski definition) is 2. The van der Waals surface area contributed by atoms with E-state index in [1.54, 1.807) is 6.92 Å². The van der Waals surface area contributed by atoms with Crippen LogP contribution in [0.5, 0.6) is 11.5 Å². The highest BCUT2D eigenvalue weighted by molar-refractivity contribution is 5.88. The van der Waals surface area contributed by atoms with Gasteiger partial charge in [-0.05, 0) is 24.6 Å². The number of benzene rings is 1. The van der Waals surface area contributed by atoms with Crippen molar-refractivity contribution in [3.8, 4) is 11.5 Å². The van der Waals surface area contributed by atoms with E-state index in [2.05, 4.69) is 9.72 Å². The molecule has 0 saturated carbocycles. The molecule has 3 rings (SSSR count). The number of alkyl halides is 3. The van der Waals surface area contributed by atoms with E-state index in [1.165, 1.54) is 30.2 Å². The molecule has 1 aromatic carbocycles. The van der Waals surface area contributed by atoms with Crippen molar-refractivity contribution >= 4 is 17.7 Å². The highest BCUT2D eigenvalue weighted by atomic mass is 19.4. The lowest BCUT2D eigenvalue weighted by molar-refractivity contribution is -0.274. The van der Waals surface area contributed by atoms with Crippen LogP contribution in [0.3, 0.4) is 0 Å². The van der Waals surface area contributed by atoms with Crippen LogP contribution in [-0.2, 0) is 16.0 Å². The molecule has 1 aliphatic heterocycles. The van der Waals surface area contributed by atoms with E-state index in [9.17, 15) is 22.8 Å². The summed E-state index contributed by atoms with van der Waals surface area (Å²) >= 11 is 0. The van der Waals surface area contributed by atoms with Gasteiger partial charge in [0, 0.05) is 19.4 Å². The first kappa shape index (κ1) is 24.1. The zero-order chi connectivity index (χ0) is 24.4. The summed E-state index contributed by atoms with van der Waals surface area (Å²) < 4.78 is 52.2. The number of aromatic carboxylic acids is 1. The minimum Gasteiger partial charge on any atom is -0.482 e. The number of methoxy groups -OCH3 is 1. The van der Waals surface area contributed by atoms with Crippen molar-refractivity contribution in [3.05, 3.63) is 47.7 Å². The molecule has 12 heteroatoms. The van der Waals surface area contributed by atoms with Gasteiger partial charge in [0.15, 0.2) is 11.6 Å². The molecule has 3 N–H and O–H groups in total. The summed E-state index contributed by atoms with van der Waals surface area (Å²) in [5.41, 5.74) is 5.28. The Morgan fingerprint density at radius 3 is 2.55 bits per heavy atom. The number of carboxylic acids is 1. The number of carbonyl (C=O) groups excluding carboxylic acids is 1. The zero-order valence-corrected chi connectivity index (χ0v) is 17.8. The minimum atomic E-state index is -4.80. The van der Waals surface area contributed by atoms with Crippen LogP contribution in [0, 0.1) is 0 Å². The number of likely N-dealkylation sites (tertiary alicyclic amines) is 1. The minimum absolute atomic E-state index is 0.00982. The molecule has 1 fully saturated rings. The van der Waals surface area contributed by atoms with E-state index >= 15 is 0 Å². The Labute approximate surface area is 186 Å². The number of carboxylic acid groups (broad SMARTS) is 1. The molecule has 2 aromatic rings. The second kappa shape index (κ2) is 9.14. The maximum atomic E-state index is 12.8. The second-order valence-electron chi connectivity index (χ2n) is 7.68. The number of nitrogen functional groups attached to an aromatic ring is 1. The van der Waals surface area contributed by atoms with Crippen LogP contribution in [0.4, 0.5) is 19.0 Å². The molecule has 0 radical (unpaired) electrons. The highest BCUT2D eigenvalue weighted by Crippen LogP contribution is 2.32. The predicted octanol–water partition coefficient (Wildman–Crippen LogP) is 2.50. The Balaban J connectivity index is 1.70. The zero-order valence-electron chi connectivity index (χ0n) is 17.8. The quantitative estimate of drug-likeness (QED) is 0.634. The van der Waals surface area contributed by atoms with Crippen molar-refractivity contribution in [3.63, 3.8) is 0 Å². The summed E-state index contributed by atoms with van der Waals surface area (Å²) in [4.78, 5) is 29.4. The summed E-state index contributed by atoms with van der Waals surface area (Å²) in [6.45, 7) is 2.03. The van der Waals surface area contributed by atoms with Crippen LogP contribution in [0.25, 0.3) is 0 Å². The van der Waals surface area contributed by atoms with Gasteiger partial charge in [0.25, 0.3) is 0 Å². The number of pyridine rings is 1. The van der Waals surface area contributed by atoms with Gasteiger partial charge in [-0.25, -0.2) is 9.78 Å². The molecular formula is C21H22F3N3O6. The maximum Gasteiger partial charge on any atom is 0.573 e. The van der Waals surface area contributed by atoms with E-state index < -0.39 is 24.0 Å². The third-order valence-electron chi connectivity index (χ3n) is 5.30. The van der Waals surface area contributed by atoms with Crippen molar-refractivity contribution in [2.75, 3.05) is 25.9 Å². The fourth-order valence-corrected chi connectivity index (χ4v) is 3.40. The number of nitrogens with zero attached hydrogens (tertiary/aromatic N) is 2. The van der Waals surface area contributed by atoms with Crippen molar-refractivity contribution in [1.29, 1.82) is 0 Å². The number of ether oxygens (including phenoxy) is 3. The van der Waals surface area contributed by atoms with Crippen LogP contribution in [0.1, 0.15) is 22.8 Å². The number of rotatable bonds is 7. The van der Waals surface area contributed by atoms with Gasteiger partial charge in [-0.15, -0.1) is 13.2 Å². The van der Waals surface area contributed by atoms with Crippen molar-refractivity contribution in [2.24, 2.45) is 0 Å². The topological polar surface area (TPSA) is 124 Å². The maximum absolute atomic E-state index is 12.8. The first-order valence-electron chi connectivity index (χ1n) is 9.73. The molecule has 2 atom stereocenters. The van der Waals surface area contributed by atoms with Gasteiger partial charge in [0.2, 0.25) is 5.91 Å². The molecule has 1 aliphatic rings. The molecule has 1 amide bonds. The van der Waals surface area contributed by atoms with Gasteiger partial charge in [-0.3, -0.25) is 4.79 Å². The predicted molar refractivity (Wildman–Crippen MR) is 109 cm³/mol. The fraction of sp³-hybridized carbons (Fsp3) is 0.381. The average molecular weight is 469 g/mol. The van der Waals surface area contributed by atoms with Gasteiger partial charge in [0.1, 0.15) is 17.5 Å². The highest BCUT2D eigenvalue weighted by Gasteiger charge is 2.47. The molecule has 0 bridgehead atoms. The van der Waals surface area contributed by atoms with E-state index in [1.807, 2.05) is 0 Å². The SMILES string of the molecule is COC1(C)CN(C(=O)Cc2ccc(OC(F)(F)F)cc2)CC1Oc1cc(C(=O)O)cnc1N. The molecule has 178 valence electrons. The molecule has 1 saturated heterocycles. The van der Waals surface area contributed by atoms with Gasteiger partial charge >= 0.3 is 12.3 Å². The van der Waals surface area contributed by atoms with Crippen LogP contribution < -0.4 is 15.2 Å². The summed E-state index contributed by atoms with van der Waals surface area (Å²) in [5.74, 6) is -1.83. The number of aromatic nitrogens is 1. The standard InChI is InChI=1S/C21H22F3N3O6/c1-20(31-2)11-27(10-16(20)32-15-8-13(19(29)30)9-26-18(15)25)17(28)7-12-3-5-14(6-4-12)33-21(22,23)24/h3-6,8-9,16H,7,10-11H2,1-2H3,(H2,25,26)(H,29,30). The third-order valence-corrected chi connectivity index (χ3v) is 5.30. The molecule has 33 heavy (non-hydrogen) atoms. The number of amides is 1. The van der Waals surface area contributed by atoms with Crippen LogP contribution >= 0.6 is 0 Å². The first-order chi connectivity index (χ1) is 15.4. The first-order valence-corrected chi connectivity index (χ1v) is 9.73. The monoisotopic (exact) mass is 469 g/mol. The average Bonchev–Trinajstić information content (AvgIpc) is 3.07. The third kappa shape index (κ3) is 5.83. The Morgan fingerprint density at radius 2 is 1.97 bits per heavy atom. The Bertz CT molecular complexity index is 1030. The van der Waals surface area contributed by atoms with Gasteiger partial charge in [-0.2, -0.15) is 0 Å². The number of carbonyl (C=O) groups is 2. The van der Waals surface area contributed by atoms with Crippen LogP contribution in [-0.4, -0.2) is 65.1 Å². The number of nitrogens with two attached hydrogens (primary N) is 1. The van der Waals surface area contributed by atoms with E-state index in [0.29, 0.717) is 5.56 Å². The summed E-state index contributed by atoms with van der Waals surface area (Å²) in [6, 6.07) is 6.27. The Kier molecular flexibility index (Phi) is 6.68. The van der Waals surface area contributed by atoms with Crippen LogP contribution in [0.2, 0.25) is 0 Å². The molecule has 1 aromatic heterocycles. The summed E-state index contributed by atoms with van der Waals surface area (Å²) in [7, 11) is 1.46. The lowest BCUT2D eigenvalue weighted by Crippen LogP contribution is -2.44. The molecule has 0 spiro atoms. The lowest BCUT2D eigenvalue weighted by atomic mass is 10.0. The van der Waals surface area contributed by atoms with Crippen LogP contribution in [0.15, 0.2) is 36.5 Å². The van der Waals surface area contributed by atoms with E-state index in [4.69, 9.17) is 20.3 Å². The van der Waals surface area contributed by atoms with Gasteiger partial charge in [0.05, 0.1) is 25.1 Å². The second-order valence-corrected chi connectivity index (χ2v) is 7.68. The summed E-state index contributed by atoms with van der Waals surface area (Å²) in [5, 5.41) is 9.16. The van der Waals surface area contributed by atoms with Crippen molar-refractivity contribution < 1.29 is 42.1 Å². The van der Waals surface area contributed by atoms with Gasteiger partial charge in [-0.1, -0.05) is 12.1 Å². The smallest absolute Gasteiger partial charge is 0.482 e. The number of hydrogen-bond acceptors (Lipinski definition) is 7. The normalized spacial score (nSPS) is 20.5. The molecule has 9 nitrogen and oxygen atoms in total.